The Morgan fingerprint density at radius 3 is 1.98 bits per heavy atom. The number of rotatable bonds is 14. The largest absolute Gasteiger partial charge is 0.462 e. The van der Waals surface area contributed by atoms with E-state index in [9.17, 15) is 19.2 Å². The summed E-state index contributed by atoms with van der Waals surface area (Å²) >= 11 is 1.36. The van der Waals surface area contributed by atoms with Gasteiger partial charge in [0.05, 0.1) is 12.2 Å². The minimum atomic E-state index is -0.595. The molecule has 0 aliphatic carbocycles. The van der Waals surface area contributed by atoms with E-state index in [2.05, 4.69) is 16.0 Å². The van der Waals surface area contributed by atoms with Crippen LogP contribution in [0.5, 0.6) is 0 Å². The molecule has 5 rings (SSSR count). The van der Waals surface area contributed by atoms with Crippen molar-refractivity contribution in [3.05, 3.63) is 167 Å². The summed E-state index contributed by atoms with van der Waals surface area (Å²) in [4.78, 5) is 53.3. The summed E-state index contributed by atoms with van der Waals surface area (Å²) < 4.78 is 5.28. The van der Waals surface area contributed by atoms with Crippen molar-refractivity contribution in [2.24, 2.45) is 0 Å². The third kappa shape index (κ3) is 10.5. The van der Waals surface area contributed by atoms with E-state index >= 15 is 0 Å². The van der Waals surface area contributed by atoms with Gasteiger partial charge < -0.3 is 20.7 Å². The summed E-state index contributed by atoms with van der Waals surface area (Å²) in [5.41, 5.74) is 4.58. The van der Waals surface area contributed by atoms with E-state index in [0.29, 0.717) is 29.1 Å². The zero-order valence-corrected chi connectivity index (χ0v) is 29.2. The zero-order chi connectivity index (χ0) is 36.0. The summed E-state index contributed by atoms with van der Waals surface area (Å²) in [5.74, 6) is -1.51. The van der Waals surface area contributed by atoms with Crippen LogP contribution < -0.4 is 16.0 Å². The monoisotopic (exact) mass is 697 g/mol. The first-order valence-electron chi connectivity index (χ1n) is 16.7. The number of aryl methyl sites for hydroxylation is 1. The lowest BCUT2D eigenvalue weighted by Gasteiger charge is -2.18. The van der Waals surface area contributed by atoms with E-state index in [0.717, 1.165) is 34.4 Å². The highest BCUT2D eigenvalue weighted by Gasteiger charge is 2.23. The average molecular weight is 698 g/mol. The number of esters is 1. The number of ether oxygens (including phenoxy) is 1. The van der Waals surface area contributed by atoms with Crippen molar-refractivity contribution in [1.82, 2.24) is 5.32 Å². The first kappa shape index (κ1) is 36.4. The lowest BCUT2D eigenvalue weighted by Crippen LogP contribution is -2.30. The van der Waals surface area contributed by atoms with Crippen LogP contribution in [0.15, 0.2) is 144 Å². The predicted molar refractivity (Wildman–Crippen MR) is 203 cm³/mol. The molecule has 5 aromatic rings. The highest BCUT2D eigenvalue weighted by atomic mass is 32.2. The minimum absolute atomic E-state index is 0.0961. The van der Waals surface area contributed by atoms with Gasteiger partial charge in [0.2, 0.25) is 5.91 Å². The molecule has 8 nitrogen and oxygen atoms in total. The van der Waals surface area contributed by atoms with Crippen molar-refractivity contribution >= 4 is 52.9 Å². The van der Waals surface area contributed by atoms with Gasteiger partial charge in [-0.1, -0.05) is 86.1 Å². The number of carbonyl (C=O) groups is 4. The number of unbranched alkanes of at least 4 members (excludes halogenated alkanes) is 1. The molecule has 0 spiro atoms. The fourth-order valence-electron chi connectivity index (χ4n) is 4.99. The molecule has 0 bridgehead atoms. The molecule has 51 heavy (non-hydrogen) atoms. The standard InChI is InChI=1S/C42H39N3O5S/c1-3-4-27-50-42(49)32-19-21-34(22-20-32)44-41(48)38(30-14-7-5-8-15-30)51-36-25-23-35(24-26-36)43-40(47)37(28-33-18-12-11-13-29(33)2)45-39(46)31-16-9-6-10-17-31/h5-26,28,38H,3-4,27H2,1-2H3,(H,43,47)(H,44,48)(H,45,46)/b37-28-. The molecule has 0 aliphatic heterocycles. The average Bonchev–Trinajstić information content (AvgIpc) is 3.16. The van der Waals surface area contributed by atoms with Crippen molar-refractivity contribution in [3.63, 3.8) is 0 Å². The van der Waals surface area contributed by atoms with Crippen LogP contribution in [-0.2, 0) is 14.3 Å². The minimum Gasteiger partial charge on any atom is -0.462 e. The van der Waals surface area contributed by atoms with Gasteiger partial charge in [-0.25, -0.2) is 4.79 Å². The van der Waals surface area contributed by atoms with E-state index in [-0.39, 0.29) is 11.6 Å². The molecule has 5 aromatic carbocycles. The highest BCUT2D eigenvalue weighted by molar-refractivity contribution is 8.00. The maximum Gasteiger partial charge on any atom is 0.338 e. The number of thioether (sulfide) groups is 1. The van der Waals surface area contributed by atoms with E-state index in [1.807, 2.05) is 86.6 Å². The molecule has 0 saturated carbocycles. The molecule has 1 unspecified atom stereocenters. The second-order valence-corrected chi connectivity index (χ2v) is 12.9. The zero-order valence-electron chi connectivity index (χ0n) is 28.4. The third-order valence-electron chi connectivity index (χ3n) is 7.84. The summed E-state index contributed by atoms with van der Waals surface area (Å²) in [6.07, 6.45) is 3.40. The molecule has 0 aromatic heterocycles. The molecular formula is C42H39N3O5S. The fourth-order valence-corrected chi connectivity index (χ4v) is 6.01. The van der Waals surface area contributed by atoms with Gasteiger partial charge in [-0.05, 0) is 96.8 Å². The molecule has 0 fully saturated rings. The van der Waals surface area contributed by atoms with E-state index in [1.54, 1.807) is 66.7 Å². The van der Waals surface area contributed by atoms with Crippen molar-refractivity contribution in [2.45, 2.75) is 36.8 Å². The normalized spacial score (nSPS) is 11.6. The highest BCUT2D eigenvalue weighted by Crippen LogP contribution is 2.37. The van der Waals surface area contributed by atoms with Gasteiger partial charge in [0, 0.05) is 21.8 Å². The number of hydrogen-bond donors (Lipinski definition) is 3. The Kier molecular flexibility index (Phi) is 13.0. The van der Waals surface area contributed by atoms with Gasteiger partial charge in [-0.3, -0.25) is 14.4 Å². The number of nitrogens with one attached hydrogen (secondary N) is 3. The van der Waals surface area contributed by atoms with Crippen LogP contribution in [0, 0.1) is 6.92 Å². The maximum atomic E-state index is 13.6. The second-order valence-electron chi connectivity index (χ2n) is 11.7. The molecule has 9 heteroatoms. The summed E-state index contributed by atoms with van der Waals surface area (Å²) in [5, 5.41) is 8.04. The van der Waals surface area contributed by atoms with Crippen LogP contribution in [-0.4, -0.2) is 30.3 Å². The summed E-state index contributed by atoms with van der Waals surface area (Å²) in [6, 6.07) is 39.5. The Bertz CT molecular complexity index is 1980. The topological polar surface area (TPSA) is 114 Å². The number of anilines is 2. The molecule has 3 amide bonds. The predicted octanol–water partition coefficient (Wildman–Crippen LogP) is 8.83. The number of hydrogen-bond acceptors (Lipinski definition) is 6. The molecule has 258 valence electrons. The van der Waals surface area contributed by atoms with Gasteiger partial charge in [0.15, 0.2) is 0 Å². The van der Waals surface area contributed by atoms with Gasteiger partial charge in [0.1, 0.15) is 10.9 Å². The van der Waals surface area contributed by atoms with Crippen LogP contribution in [0.3, 0.4) is 0 Å². The smallest absolute Gasteiger partial charge is 0.338 e. The van der Waals surface area contributed by atoms with E-state index in [4.69, 9.17) is 4.74 Å². The molecule has 0 aliphatic rings. The van der Waals surface area contributed by atoms with Gasteiger partial charge in [-0.15, -0.1) is 11.8 Å². The SMILES string of the molecule is CCCCOC(=O)c1ccc(NC(=O)C(Sc2ccc(NC(=O)/C(=C/c3ccccc3C)NC(=O)c3ccccc3)cc2)c2ccccc2)cc1. The van der Waals surface area contributed by atoms with E-state index < -0.39 is 23.0 Å². The fraction of sp³-hybridized carbons (Fsp3) is 0.143. The first-order valence-corrected chi connectivity index (χ1v) is 17.5. The second kappa shape index (κ2) is 18.2. The lowest BCUT2D eigenvalue weighted by molar-refractivity contribution is -0.116. The Labute approximate surface area is 302 Å². The molecule has 0 saturated heterocycles. The van der Waals surface area contributed by atoms with Gasteiger partial charge >= 0.3 is 5.97 Å². The van der Waals surface area contributed by atoms with Crippen LogP contribution in [0.1, 0.15) is 62.4 Å². The van der Waals surface area contributed by atoms with Gasteiger partial charge in [-0.2, -0.15) is 0 Å². The van der Waals surface area contributed by atoms with Crippen molar-refractivity contribution in [2.75, 3.05) is 17.2 Å². The van der Waals surface area contributed by atoms with E-state index in [1.165, 1.54) is 11.8 Å². The van der Waals surface area contributed by atoms with Crippen molar-refractivity contribution < 1.29 is 23.9 Å². The van der Waals surface area contributed by atoms with Crippen LogP contribution >= 0.6 is 11.8 Å². The lowest BCUT2D eigenvalue weighted by atomic mass is 10.1. The molecular weight excluding hydrogens is 659 g/mol. The molecule has 3 N–H and O–H groups in total. The Hall–Kier alpha value is -5.93. The van der Waals surface area contributed by atoms with Crippen molar-refractivity contribution in [1.29, 1.82) is 0 Å². The number of carbonyl (C=O) groups excluding carboxylic acids is 4. The molecule has 1 atom stereocenters. The molecule has 0 radical (unpaired) electrons. The summed E-state index contributed by atoms with van der Waals surface area (Å²) in [7, 11) is 0. The number of benzene rings is 5. The maximum absolute atomic E-state index is 13.6. The quantitative estimate of drug-likeness (QED) is 0.0463. The third-order valence-corrected chi connectivity index (χ3v) is 9.11. The first-order chi connectivity index (χ1) is 24.8. The van der Waals surface area contributed by atoms with Gasteiger partial charge in [0.25, 0.3) is 11.8 Å². The Balaban J connectivity index is 1.28. The van der Waals surface area contributed by atoms with Crippen LogP contribution in [0.2, 0.25) is 0 Å². The summed E-state index contributed by atoms with van der Waals surface area (Å²) in [6.45, 7) is 4.33. The van der Waals surface area contributed by atoms with Crippen LogP contribution in [0.4, 0.5) is 11.4 Å². The molecule has 0 heterocycles. The van der Waals surface area contributed by atoms with Crippen LogP contribution in [0.25, 0.3) is 6.08 Å². The Morgan fingerprint density at radius 2 is 1.31 bits per heavy atom. The van der Waals surface area contributed by atoms with Crippen molar-refractivity contribution in [3.8, 4) is 0 Å². The Morgan fingerprint density at radius 1 is 0.706 bits per heavy atom. The number of amides is 3.